The van der Waals surface area contributed by atoms with E-state index in [0.29, 0.717) is 0 Å². The molecule has 3 aromatic rings. The van der Waals surface area contributed by atoms with E-state index in [1.165, 1.54) is 54.0 Å². The number of hydrogen-bond donors (Lipinski definition) is 0. The van der Waals surface area contributed by atoms with Crippen molar-refractivity contribution in [3.8, 4) is 0 Å². The van der Waals surface area contributed by atoms with Crippen LogP contribution in [0.25, 0.3) is 20.2 Å². The van der Waals surface area contributed by atoms with E-state index in [0.717, 1.165) is 65.1 Å². The molecular formula is C36H44S. The molecule has 0 radical (unpaired) electrons. The number of rotatable bonds is 1. The van der Waals surface area contributed by atoms with Gasteiger partial charge in [0.15, 0.2) is 0 Å². The molecule has 0 nitrogen and oxygen atoms in total. The second-order valence-corrected chi connectivity index (χ2v) is 15.5. The smallest absolute Gasteiger partial charge is 0.0390 e. The zero-order valence-electron chi connectivity index (χ0n) is 22.5. The molecule has 0 aliphatic heterocycles. The molecule has 1 heterocycles. The highest BCUT2D eigenvalue weighted by molar-refractivity contribution is 7.26. The summed E-state index contributed by atoms with van der Waals surface area (Å²) in [6, 6.07) is 16.6. The van der Waals surface area contributed by atoms with Gasteiger partial charge in [-0.05, 0) is 128 Å². The molecule has 1 heteroatoms. The predicted octanol–water partition coefficient (Wildman–Crippen LogP) is 10.5. The van der Waals surface area contributed by atoms with Crippen LogP contribution in [0.1, 0.15) is 95.0 Å². The summed E-state index contributed by atoms with van der Waals surface area (Å²) in [5.41, 5.74) is 1.74. The third kappa shape index (κ3) is 3.19. The molecule has 6 saturated carbocycles. The molecule has 6 aliphatic rings. The van der Waals surface area contributed by atoms with Crippen LogP contribution in [0.15, 0.2) is 42.5 Å². The van der Waals surface area contributed by atoms with E-state index in [4.69, 9.17) is 0 Å². The summed E-state index contributed by atoms with van der Waals surface area (Å²) in [5, 5.41) is 3.02. The van der Waals surface area contributed by atoms with Crippen molar-refractivity contribution in [2.45, 2.75) is 89.4 Å². The minimum absolute atomic E-state index is 0.796. The van der Waals surface area contributed by atoms with Gasteiger partial charge in [-0.25, -0.2) is 0 Å². The Kier molecular flexibility index (Phi) is 5.21. The van der Waals surface area contributed by atoms with E-state index in [2.05, 4.69) is 53.8 Å². The number of thiophene rings is 1. The first-order valence-electron chi connectivity index (χ1n) is 16.3. The lowest BCUT2D eigenvalue weighted by molar-refractivity contribution is -0.189. The molecule has 6 fully saturated rings. The molecule has 9 rings (SSSR count). The summed E-state index contributed by atoms with van der Waals surface area (Å²) in [4.78, 5) is 0. The van der Waals surface area contributed by atoms with Crippen LogP contribution < -0.4 is 0 Å². The topological polar surface area (TPSA) is 0 Å². The average Bonchev–Trinajstić information content (AvgIpc) is 3.35. The Morgan fingerprint density at radius 1 is 0.486 bits per heavy atom. The highest BCUT2D eigenvalue weighted by Crippen LogP contribution is 2.70. The average molecular weight is 509 g/mol. The summed E-state index contributed by atoms with van der Waals surface area (Å²) in [6.07, 6.45) is 20.2. The van der Waals surface area contributed by atoms with Gasteiger partial charge in [0.05, 0.1) is 0 Å². The molecule has 0 bridgehead atoms. The van der Waals surface area contributed by atoms with Crippen molar-refractivity contribution in [1.82, 2.24) is 0 Å². The maximum Gasteiger partial charge on any atom is 0.0390 e. The second kappa shape index (κ2) is 8.58. The lowest BCUT2D eigenvalue weighted by Crippen LogP contribution is -2.61. The normalized spacial score (nSPS) is 44.7. The van der Waals surface area contributed by atoms with Crippen LogP contribution >= 0.6 is 11.3 Å². The standard InChI is InChI=1S/C36H44S/c1-3-11-25-23(9-1)28-15-8-16-29-24-10-2-4-12-26(24)32-20-21(19-31(25)35(32)34(28)29)22-14-7-17-30-27-13-5-6-18-33(27)37-36(22)30/h5-7,13-14,17-18,21,23-26,28-29,31-32,34-35H,1-4,8-12,15-16,19-20H2. The van der Waals surface area contributed by atoms with Crippen molar-refractivity contribution in [3.05, 3.63) is 48.0 Å². The van der Waals surface area contributed by atoms with Crippen LogP contribution in [0.5, 0.6) is 0 Å². The summed E-state index contributed by atoms with van der Waals surface area (Å²) < 4.78 is 3.12. The van der Waals surface area contributed by atoms with Crippen LogP contribution in [0.2, 0.25) is 0 Å². The zero-order chi connectivity index (χ0) is 24.1. The van der Waals surface area contributed by atoms with Gasteiger partial charge in [0.25, 0.3) is 0 Å². The van der Waals surface area contributed by atoms with E-state index in [1.807, 2.05) is 0 Å². The SMILES string of the molecule is c1ccc2c(c1)sc1c(C3CC4C5CCCCC5C5CCCC6C7CCCCC7C(C3)C4C56)cccc12. The van der Waals surface area contributed by atoms with E-state index in [1.54, 1.807) is 55.2 Å². The Morgan fingerprint density at radius 3 is 1.70 bits per heavy atom. The van der Waals surface area contributed by atoms with Gasteiger partial charge in [0.1, 0.15) is 0 Å². The van der Waals surface area contributed by atoms with Crippen molar-refractivity contribution in [3.63, 3.8) is 0 Å². The lowest BCUT2D eigenvalue weighted by atomic mass is 9.37. The molecule has 0 spiro atoms. The van der Waals surface area contributed by atoms with Gasteiger partial charge < -0.3 is 0 Å². The first kappa shape index (κ1) is 22.5. The fraction of sp³-hybridized carbons (Fsp3) is 0.667. The first-order valence-corrected chi connectivity index (χ1v) is 17.1. The quantitative estimate of drug-likeness (QED) is 0.307. The van der Waals surface area contributed by atoms with E-state index in [-0.39, 0.29) is 0 Å². The number of benzene rings is 2. The summed E-state index contributed by atoms with van der Waals surface area (Å²) >= 11 is 2.09. The molecule has 37 heavy (non-hydrogen) atoms. The van der Waals surface area contributed by atoms with Gasteiger partial charge in [0, 0.05) is 20.2 Å². The highest BCUT2D eigenvalue weighted by Gasteiger charge is 2.63. The summed E-state index contributed by atoms with van der Waals surface area (Å²) in [5.74, 6) is 11.6. The molecule has 0 amide bonds. The molecule has 2 aromatic carbocycles. The minimum atomic E-state index is 0.796. The van der Waals surface area contributed by atoms with E-state index in [9.17, 15) is 0 Å². The van der Waals surface area contributed by atoms with E-state index < -0.39 is 0 Å². The van der Waals surface area contributed by atoms with Crippen LogP contribution in [-0.4, -0.2) is 0 Å². The van der Waals surface area contributed by atoms with Crippen LogP contribution in [0.4, 0.5) is 0 Å². The zero-order valence-corrected chi connectivity index (χ0v) is 23.3. The van der Waals surface area contributed by atoms with Crippen LogP contribution in [0.3, 0.4) is 0 Å². The fourth-order valence-corrected chi connectivity index (χ4v) is 13.9. The Bertz CT molecular complexity index is 1270. The number of hydrogen-bond acceptors (Lipinski definition) is 1. The maximum atomic E-state index is 2.57. The maximum absolute atomic E-state index is 2.57. The minimum Gasteiger partial charge on any atom is -0.135 e. The van der Waals surface area contributed by atoms with Gasteiger partial charge in [-0.3, -0.25) is 0 Å². The van der Waals surface area contributed by atoms with Gasteiger partial charge in [-0.1, -0.05) is 68.5 Å². The number of fused-ring (bicyclic) bond motifs is 9. The Morgan fingerprint density at radius 2 is 1.03 bits per heavy atom. The van der Waals surface area contributed by atoms with Crippen molar-refractivity contribution < 1.29 is 0 Å². The molecule has 1 aromatic heterocycles. The van der Waals surface area contributed by atoms with Gasteiger partial charge in [-0.15, -0.1) is 11.3 Å². The van der Waals surface area contributed by atoms with Crippen LogP contribution in [-0.2, 0) is 0 Å². The largest absolute Gasteiger partial charge is 0.135 e. The summed E-state index contributed by atoms with van der Waals surface area (Å²) in [6.45, 7) is 0. The van der Waals surface area contributed by atoms with Crippen LogP contribution in [0, 0.1) is 59.2 Å². The molecule has 8 atom stereocenters. The summed E-state index contributed by atoms with van der Waals surface area (Å²) in [7, 11) is 0. The Balaban J connectivity index is 1.18. The molecular weight excluding hydrogens is 464 g/mol. The monoisotopic (exact) mass is 508 g/mol. The molecule has 194 valence electrons. The third-order valence-corrected chi connectivity index (χ3v) is 14.7. The van der Waals surface area contributed by atoms with Crippen molar-refractivity contribution in [1.29, 1.82) is 0 Å². The van der Waals surface area contributed by atoms with Crippen molar-refractivity contribution in [2.24, 2.45) is 59.2 Å². The molecule has 6 aliphatic carbocycles. The van der Waals surface area contributed by atoms with Crippen molar-refractivity contribution >= 4 is 31.5 Å². The molecule has 8 unspecified atom stereocenters. The lowest BCUT2D eigenvalue weighted by Gasteiger charge is -2.68. The third-order valence-electron chi connectivity index (χ3n) is 13.4. The predicted molar refractivity (Wildman–Crippen MR) is 157 cm³/mol. The molecule has 0 saturated heterocycles. The fourth-order valence-electron chi connectivity index (χ4n) is 12.6. The Hall–Kier alpha value is -1.34. The van der Waals surface area contributed by atoms with E-state index >= 15 is 0 Å². The Labute approximate surface area is 227 Å². The van der Waals surface area contributed by atoms with Gasteiger partial charge >= 0.3 is 0 Å². The molecule has 0 N–H and O–H groups in total. The van der Waals surface area contributed by atoms with Gasteiger partial charge in [-0.2, -0.15) is 0 Å². The second-order valence-electron chi connectivity index (χ2n) is 14.5. The van der Waals surface area contributed by atoms with Crippen molar-refractivity contribution in [2.75, 3.05) is 0 Å². The highest BCUT2D eigenvalue weighted by atomic mass is 32.1. The first-order chi connectivity index (χ1) is 18.4. The van der Waals surface area contributed by atoms with Gasteiger partial charge in [0.2, 0.25) is 0 Å².